The second-order valence-electron chi connectivity index (χ2n) is 10.3. The summed E-state index contributed by atoms with van der Waals surface area (Å²) >= 11 is 1.52. The van der Waals surface area contributed by atoms with Crippen molar-refractivity contribution in [1.82, 2.24) is 9.80 Å². The topological polar surface area (TPSA) is 139 Å². The van der Waals surface area contributed by atoms with Gasteiger partial charge in [-0.05, 0) is 60.9 Å². The summed E-state index contributed by atoms with van der Waals surface area (Å²) in [6.07, 6.45) is 0.486. The lowest BCUT2D eigenvalue weighted by atomic mass is 10.0. The van der Waals surface area contributed by atoms with Gasteiger partial charge in [-0.15, -0.1) is 11.8 Å². The molecule has 0 heterocycles. The van der Waals surface area contributed by atoms with Gasteiger partial charge >= 0.3 is 0 Å². The number of hydrogen-bond donors (Lipinski definition) is 3. The van der Waals surface area contributed by atoms with Crippen LogP contribution in [0.3, 0.4) is 0 Å². The number of carbonyl (C=O) groups is 3. The van der Waals surface area contributed by atoms with E-state index < -0.39 is 24.0 Å². The highest BCUT2D eigenvalue weighted by atomic mass is 32.2. The third-order valence-electron chi connectivity index (χ3n) is 6.87. The maximum Gasteiger partial charge on any atom is 0.254 e. The molecule has 0 fully saturated rings. The summed E-state index contributed by atoms with van der Waals surface area (Å²) in [5, 5.41) is 11.1. The van der Waals surface area contributed by atoms with Crippen LogP contribution in [-0.4, -0.2) is 77.3 Å². The fraction of sp³-hybridized carbons (Fsp3) is 0.364. The molecule has 3 rings (SSSR count). The van der Waals surface area contributed by atoms with Crippen molar-refractivity contribution in [3.8, 4) is 5.75 Å². The van der Waals surface area contributed by atoms with Crippen molar-refractivity contribution in [2.45, 2.75) is 50.3 Å². The summed E-state index contributed by atoms with van der Waals surface area (Å²) in [4.78, 5) is 44.0. The highest BCUT2D eigenvalue weighted by Crippen LogP contribution is 2.21. The number of aliphatic hydroxyl groups is 1. The molecule has 0 unspecified atom stereocenters. The second-order valence-corrected chi connectivity index (χ2v) is 11.4. The molecular formula is C33H42N4O5S. The minimum Gasteiger partial charge on any atom is -0.497 e. The van der Waals surface area contributed by atoms with Crippen molar-refractivity contribution in [2.24, 2.45) is 11.5 Å². The molecule has 5 N–H and O–H groups in total. The molecule has 0 spiro atoms. The molecule has 0 aliphatic carbocycles. The summed E-state index contributed by atoms with van der Waals surface area (Å²) in [5.74, 6) is -0.440. The van der Waals surface area contributed by atoms with E-state index in [2.05, 4.69) is 0 Å². The predicted octanol–water partition coefficient (Wildman–Crippen LogP) is 4.18. The number of primary amides is 1. The maximum absolute atomic E-state index is 14.1. The molecule has 0 radical (unpaired) electrons. The van der Waals surface area contributed by atoms with Crippen LogP contribution in [-0.2, 0) is 6.54 Å². The van der Waals surface area contributed by atoms with Crippen LogP contribution in [0.5, 0.6) is 5.75 Å². The Morgan fingerprint density at radius 1 is 0.860 bits per heavy atom. The average Bonchev–Trinajstić information content (AvgIpc) is 3.02. The molecule has 0 aromatic heterocycles. The quantitative estimate of drug-likeness (QED) is 0.208. The number of ether oxygens (including phenoxy) is 1. The van der Waals surface area contributed by atoms with Gasteiger partial charge in [0.25, 0.3) is 11.8 Å². The first kappa shape index (κ1) is 33.6. The van der Waals surface area contributed by atoms with Gasteiger partial charge in [0.15, 0.2) is 0 Å². The molecular weight excluding hydrogens is 564 g/mol. The minimum atomic E-state index is -1.05. The minimum absolute atomic E-state index is 0.0555. The largest absolute Gasteiger partial charge is 0.497 e. The highest BCUT2D eigenvalue weighted by molar-refractivity contribution is 7.99. The molecule has 230 valence electrons. The van der Waals surface area contributed by atoms with Gasteiger partial charge in [-0.2, -0.15) is 0 Å². The van der Waals surface area contributed by atoms with Crippen LogP contribution in [0.25, 0.3) is 0 Å². The third-order valence-corrected chi connectivity index (χ3v) is 8.02. The van der Waals surface area contributed by atoms with Gasteiger partial charge in [0.05, 0.1) is 13.2 Å². The Hall–Kier alpha value is -3.86. The lowest BCUT2D eigenvalue weighted by molar-refractivity contribution is 0.0570. The first-order chi connectivity index (χ1) is 20.7. The second kappa shape index (κ2) is 16.7. The van der Waals surface area contributed by atoms with E-state index in [-0.39, 0.29) is 35.7 Å². The van der Waals surface area contributed by atoms with E-state index in [1.807, 2.05) is 56.3 Å². The Morgan fingerprint density at radius 3 is 2.05 bits per heavy atom. The van der Waals surface area contributed by atoms with E-state index in [1.54, 1.807) is 24.1 Å². The van der Waals surface area contributed by atoms with Crippen LogP contribution in [0, 0.1) is 0 Å². The summed E-state index contributed by atoms with van der Waals surface area (Å²) in [6.45, 7) is 5.11. The van der Waals surface area contributed by atoms with Crippen LogP contribution in [0.1, 0.15) is 63.3 Å². The summed E-state index contributed by atoms with van der Waals surface area (Å²) in [6, 6.07) is 20.7. The first-order valence-electron chi connectivity index (χ1n) is 14.4. The SMILES string of the molecule is CCCN(CCC)C(=O)c1cc(C(N)=O)cc(C(=O)N(Cc2cccc(OC)c2)C[C@@H](O)[C@@H](N)CSc2ccccc2)c1. The van der Waals surface area contributed by atoms with Gasteiger partial charge in [-0.25, -0.2) is 0 Å². The standard InChI is InChI=1S/C33H42N4O5S/c1-4-14-36(15-5-2)32(40)25-17-24(31(35)39)18-26(19-25)33(41)37(20-23-10-9-11-27(16-23)42-3)21-30(38)29(34)22-43-28-12-7-6-8-13-28/h6-13,16-19,29-30,38H,4-5,14-15,20-22,34H2,1-3H3,(H2,35,39)/t29-,30+/m0/s1. The average molecular weight is 607 g/mol. The molecule has 3 aromatic rings. The highest BCUT2D eigenvalue weighted by Gasteiger charge is 2.26. The zero-order valence-corrected chi connectivity index (χ0v) is 25.9. The summed E-state index contributed by atoms with van der Waals surface area (Å²) in [5.41, 5.74) is 13.1. The number of benzene rings is 3. The Labute approximate surface area is 258 Å². The van der Waals surface area contributed by atoms with E-state index in [1.165, 1.54) is 34.9 Å². The van der Waals surface area contributed by atoms with E-state index in [0.29, 0.717) is 24.6 Å². The lowest BCUT2D eigenvalue weighted by Gasteiger charge is -2.29. The molecule has 9 nitrogen and oxygen atoms in total. The number of nitrogens with two attached hydrogens (primary N) is 2. The fourth-order valence-corrected chi connectivity index (χ4v) is 5.59. The summed E-state index contributed by atoms with van der Waals surface area (Å²) in [7, 11) is 1.56. The van der Waals surface area contributed by atoms with Crippen LogP contribution in [0.4, 0.5) is 0 Å². The van der Waals surface area contributed by atoms with Crippen molar-refractivity contribution in [3.05, 3.63) is 95.1 Å². The van der Waals surface area contributed by atoms with Crippen molar-refractivity contribution in [3.63, 3.8) is 0 Å². The van der Waals surface area contributed by atoms with E-state index in [4.69, 9.17) is 16.2 Å². The van der Waals surface area contributed by atoms with Gasteiger partial charge in [-0.1, -0.05) is 44.2 Å². The van der Waals surface area contributed by atoms with Crippen LogP contribution in [0.15, 0.2) is 77.7 Å². The van der Waals surface area contributed by atoms with Crippen molar-refractivity contribution >= 4 is 29.5 Å². The number of thioether (sulfide) groups is 1. The summed E-state index contributed by atoms with van der Waals surface area (Å²) < 4.78 is 5.35. The molecule has 2 atom stereocenters. The monoisotopic (exact) mass is 606 g/mol. The van der Waals surface area contributed by atoms with E-state index >= 15 is 0 Å². The number of amides is 3. The number of methoxy groups -OCH3 is 1. The number of hydrogen-bond acceptors (Lipinski definition) is 7. The molecule has 3 aromatic carbocycles. The predicted molar refractivity (Wildman–Crippen MR) is 170 cm³/mol. The number of rotatable bonds is 16. The Kier molecular flexibility index (Phi) is 13.1. The zero-order chi connectivity index (χ0) is 31.4. The maximum atomic E-state index is 14.1. The number of carbonyl (C=O) groups excluding carboxylic acids is 3. The smallest absolute Gasteiger partial charge is 0.254 e. The van der Waals surface area contributed by atoms with Crippen LogP contribution in [0.2, 0.25) is 0 Å². The Morgan fingerprint density at radius 2 is 1.47 bits per heavy atom. The first-order valence-corrected chi connectivity index (χ1v) is 15.4. The van der Waals surface area contributed by atoms with Gasteiger partial charge in [-0.3, -0.25) is 14.4 Å². The van der Waals surface area contributed by atoms with E-state index in [9.17, 15) is 19.5 Å². The number of aliphatic hydroxyl groups excluding tert-OH is 1. The van der Waals surface area contributed by atoms with Gasteiger partial charge in [0.2, 0.25) is 5.91 Å². The van der Waals surface area contributed by atoms with Crippen molar-refractivity contribution in [1.29, 1.82) is 0 Å². The zero-order valence-electron chi connectivity index (χ0n) is 25.1. The third kappa shape index (κ3) is 9.84. The molecule has 0 saturated carbocycles. The molecule has 10 heteroatoms. The van der Waals surface area contributed by atoms with Crippen molar-refractivity contribution < 1.29 is 24.2 Å². The molecule has 0 aliphatic rings. The lowest BCUT2D eigenvalue weighted by Crippen LogP contribution is -2.46. The van der Waals surface area contributed by atoms with Crippen molar-refractivity contribution in [2.75, 3.05) is 32.5 Å². The Balaban J connectivity index is 1.94. The Bertz CT molecular complexity index is 1360. The molecule has 0 bridgehead atoms. The normalized spacial score (nSPS) is 12.3. The fourth-order valence-electron chi connectivity index (χ4n) is 4.63. The van der Waals surface area contributed by atoms with Gasteiger partial charge < -0.3 is 31.1 Å². The van der Waals surface area contributed by atoms with E-state index in [0.717, 1.165) is 23.3 Å². The molecule has 0 aliphatic heterocycles. The molecule has 0 saturated heterocycles. The molecule has 43 heavy (non-hydrogen) atoms. The van der Waals surface area contributed by atoms with Gasteiger partial charge in [0, 0.05) is 59.6 Å². The van der Waals surface area contributed by atoms with Gasteiger partial charge in [0.1, 0.15) is 5.75 Å². The molecule has 3 amide bonds. The number of nitrogens with zero attached hydrogens (tertiary/aromatic N) is 2. The van der Waals surface area contributed by atoms with Crippen LogP contribution < -0.4 is 16.2 Å². The van der Waals surface area contributed by atoms with Crippen LogP contribution >= 0.6 is 11.8 Å².